The van der Waals surface area contributed by atoms with Gasteiger partial charge in [0.2, 0.25) is 0 Å². The Balaban J connectivity index is 0.979. The van der Waals surface area contributed by atoms with Gasteiger partial charge in [-0.15, -0.1) is 0 Å². The molecule has 1 nitrogen and oxygen atoms in total. The molecule has 10 aromatic carbocycles. The molecule has 1 atom stereocenters. The molecule has 0 fully saturated rings. The molecule has 0 aliphatic heterocycles. The Morgan fingerprint density at radius 2 is 0.746 bits per heavy atom. The molecule has 0 heterocycles. The van der Waals surface area contributed by atoms with Crippen molar-refractivity contribution in [2.45, 2.75) is 24.7 Å². The van der Waals surface area contributed by atoms with Gasteiger partial charge in [-0.1, -0.05) is 202 Å². The summed E-state index contributed by atoms with van der Waals surface area (Å²) < 4.78 is 0. The number of benzene rings is 10. The molecule has 1 spiro atoms. The lowest BCUT2D eigenvalue weighted by Gasteiger charge is -2.31. The lowest BCUT2D eigenvalue weighted by Crippen LogP contribution is -2.26. The van der Waals surface area contributed by atoms with Crippen LogP contribution in [0.25, 0.3) is 72.8 Å². The Labute approximate surface area is 393 Å². The fraction of sp³-hybridized carbons (Fsp3) is 0.0606. The van der Waals surface area contributed by atoms with Gasteiger partial charge in [0.1, 0.15) is 0 Å². The maximum Gasteiger partial charge on any atom is 0.0725 e. The second kappa shape index (κ2) is 14.9. The van der Waals surface area contributed by atoms with E-state index in [1.807, 2.05) is 6.08 Å². The Morgan fingerprint density at radius 1 is 0.313 bits per heavy atom. The predicted octanol–water partition coefficient (Wildman–Crippen LogP) is 17.5. The molecule has 0 bridgehead atoms. The normalized spacial score (nSPS) is 15.3. The third-order valence-corrected chi connectivity index (χ3v) is 15.0. The molecular formula is C66H47N. The van der Waals surface area contributed by atoms with Gasteiger partial charge in [0.25, 0.3) is 0 Å². The summed E-state index contributed by atoms with van der Waals surface area (Å²) in [6.07, 6.45) is 1.93. The summed E-state index contributed by atoms with van der Waals surface area (Å²) in [4.78, 5) is 2.44. The molecule has 1 heteroatoms. The summed E-state index contributed by atoms with van der Waals surface area (Å²) >= 11 is 0. The standard InChI is InChI=1S/C66H47N/c1-4-43-16-14-19-46(38-43)48-30-35-57-54-23-9-12-26-60(54)66(63(57)40-48)61-27-13-10-24-55(61)58-36-31-49(41-64(58)66)47-20-15-21-51(39-47)67(50-32-28-45(29-33-50)44-17-6-5-7-18-44)52-34-37-56-53-22-8-11-25-59(53)65(2,3)62(56)42-52/h4-42H,1H2,2-3H3. The van der Waals surface area contributed by atoms with Crippen LogP contribution in [0.1, 0.15) is 52.8 Å². The summed E-state index contributed by atoms with van der Waals surface area (Å²) in [6, 6.07) is 86.1. The van der Waals surface area contributed by atoms with Crippen LogP contribution in [0.15, 0.2) is 237 Å². The van der Waals surface area contributed by atoms with E-state index in [2.05, 4.69) is 256 Å². The van der Waals surface area contributed by atoms with Crippen molar-refractivity contribution in [3.8, 4) is 66.8 Å². The molecule has 0 saturated carbocycles. The van der Waals surface area contributed by atoms with Crippen LogP contribution in [-0.4, -0.2) is 0 Å². The highest BCUT2D eigenvalue weighted by atomic mass is 15.1. The van der Waals surface area contributed by atoms with Gasteiger partial charge >= 0.3 is 0 Å². The van der Waals surface area contributed by atoms with Gasteiger partial charge in [-0.05, 0) is 160 Å². The first-order valence-corrected chi connectivity index (χ1v) is 23.4. The van der Waals surface area contributed by atoms with Crippen molar-refractivity contribution in [2.75, 3.05) is 4.90 Å². The maximum atomic E-state index is 4.07. The highest BCUT2D eigenvalue weighted by Gasteiger charge is 2.51. The zero-order valence-electron chi connectivity index (χ0n) is 37.7. The Bertz CT molecular complexity index is 3620. The molecule has 0 aromatic heterocycles. The molecule has 10 aromatic rings. The third-order valence-electron chi connectivity index (χ3n) is 15.0. The number of fused-ring (bicyclic) bond motifs is 13. The number of nitrogens with zero attached hydrogens (tertiary/aromatic N) is 1. The van der Waals surface area contributed by atoms with Gasteiger partial charge in [-0.3, -0.25) is 0 Å². The van der Waals surface area contributed by atoms with Gasteiger partial charge < -0.3 is 4.90 Å². The average molecular weight is 854 g/mol. The first kappa shape index (κ1) is 39.1. The van der Waals surface area contributed by atoms with Crippen LogP contribution < -0.4 is 4.90 Å². The molecule has 316 valence electrons. The monoisotopic (exact) mass is 853 g/mol. The fourth-order valence-electron chi connectivity index (χ4n) is 11.9. The molecule has 3 aliphatic carbocycles. The van der Waals surface area contributed by atoms with Gasteiger partial charge in [-0.25, -0.2) is 0 Å². The molecular weight excluding hydrogens is 807 g/mol. The largest absolute Gasteiger partial charge is 0.310 e. The lowest BCUT2D eigenvalue weighted by atomic mass is 9.70. The van der Waals surface area contributed by atoms with E-state index in [1.54, 1.807) is 0 Å². The van der Waals surface area contributed by atoms with E-state index in [9.17, 15) is 0 Å². The number of rotatable bonds is 7. The van der Waals surface area contributed by atoms with Crippen LogP contribution in [0.2, 0.25) is 0 Å². The minimum atomic E-state index is -0.487. The SMILES string of the molecule is C=Cc1cccc(-c2ccc3c(c2)C2(c4ccccc4-3)c3ccccc3-c3ccc(-c4cccc(N(c5ccc(-c6ccccc6)cc5)c5ccc6c(c5)C(C)(C)c5ccccc5-6)c4)cc32)c1. The minimum Gasteiger partial charge on any atom is -0.310 e. The first-order chi connectivity index (χ1) is 32.9. The van der Waals surface area contributed by atoms with Crippen LogP contribution in [0, 0.1) is 0 Å². The molecule has 0 N–H and O–H groups in total. The second-order valence-electron chi connectivity index (χ2n) is 18.9. The van der Waals surface area contributed by atoms with Crippen molar-refractivity contribution >= 4 is 23.1 Å². The minimum absolute atomic E-state index is 0.127. The zero-order valence-corrected chi connectivity index (χ0v) is 37.7. The number of anilines is 3. The zero-order chi connectivity index (χ0) is 44.9. The number of hydrogen-bond acceptors (Lipinski definition) is 1. The third kappa shape index (κ3) is 5.81. The van der Waals surface area contributed by atoms with Crippen LogP contribution >= 0.6 is 0 Å². The van der Waals surface area contributed by atoms with Crippen molar-refractivity contribution < 1.29 is 0 Å². The van der Waals surface area contributed by atoms with Crippen LogP contribution in [0.3, 0.4) is 0 Å². The van der Waals surface area contributed by atoms with Crippen molar-refractivity contribution in [3.05, 3.63) is 276 Å². The van der Waals surface area contributed by atoms with Gasteiger partial charge in [-0.2, -0.15) is 0 Å². The number of hydrogen-bond donors (Lipinski definition) is 0. The van der Waals surface area contributed by atoms with E-state index in [-0.39, 0.29) is 5.41 Å². The highest BCUT2D eigenvalue weighted by molar-refractivity contribution is 5.97. The lowest BCUT2D eigenvalue weighted by molar-refractivity contribution is 0.660. The Morgan fingerprint density at radius 3 is 1.39 bits per heavy atom. The van der Waals surface area contributed by atoms with E-state index in [1.165, 1.54) is 100 Å². The Hall–Kier alpha value is -8.26. The van der Waals surface area contributed by atoms with E-state index in [0.717, 1.165) is 22.6 Å². The van der Waals surface area contributed by atoms with E-state index in [4.69, 9.17) is 0 Å². The van der Waals surface area contributed by atoms with Crippen LogP contribution in [0.4, 0.5) is 17.1 Å². The molecule has 1 unspecified atom stereocenters. The first-order valence-electron chi connectivity index (χ1n) is 23.4. The molecule has 0 saturated heterocycles. The van der Waals surface area contributed by atoms with E-state index >= 15 is 0 Å². The topological polar surface area (TPSA) is 3.24 Å². The molecule has 3 aliphatic rings. The van der Waals surface area contributed by atoms with Crippen molar-refractivity contribution in [1.82, 2.24) is 0 Å². The van der Waals surface area contributed by atoms with Gasteiger partial charge in [0.05, 0.1) is 5.41 Å². The molecule has 0 radical (unpaired) electrons. The summed E-state index contributed by atoms with van der Waals surface area (Å²) in [7, 11) is 0. The van der Waals surface area contributed by atoms with Gasteiger partial charge in [0, 0.05) is 22.5 Å². The Kier molecular flexibility index (Phi) is 8.70. The van der Waals surface area contributed by atoms with Crippen LogP contribution in [-0.2, 0) is 10.8 Å². The molecule has 0 amide bonds. The second-order valence-corrected chi connectivity index (χ2v) is 18.9. The fourth-order valence-corrected chi connectivity index (χ4v) is 11.9. The highest BCUT2D eigenvalue weighted by Crippen LogP contribution is 2.63. The summed E-state index contributed by atoms with van der Waals surface area (Å²) in [5.41, 5.74) is 26.9. The van der Waals surface area contributed by atoms with Crippen molar-refractivity contribution in [1.29, 1.82) is 0 Å². The molecule has 13 rings (SSSR count). The summed E-state index contributed by atoms with van der Waals surface area (Å²) in [6.45, 7) is 8.80. The van der Waals surface area contributed by atoms with Crippen LogP contribution in [0.5, 0.6) is 0 Å². The summed E-state index contributed by atoms with van der Waals surface area (Å²) in [5.74, 6) is 0. The van der Waals surface area contributed by atoms with Gasteiger partial charge in [0.15, 0.2) is 0 Å². The van der Waals surface area contributed by atoms with Crippen molar-refractivity contribution in [3.63, 3.8) is 0 Å². The quantitative estimate of drug-likeness (QED) is 0.154. The smallest absolute Gasteiger partial charge is 0.0725 e. The predicted molar refractivity (Wildman–Crippen MR) is 281 cm³/mol. The van der Waals surface area contributed by atoms with E-state index in [0.29, 0.717) is 0 Å². The molecule has 67 heavy (non-hydrogen) atoms. The maximum absolute atomic E-state index is 4.07. The average Bonchev–Trinajstić information content (AvgIpc) is 3.94. The van der Waals surface area contributed by atoms with Crippen molar-refractivity contribution in [2.24, 2.45) is 0 Å². The summed E-state index contributed by atoms with van der Waals surface area (Å²) in [5, 5.41) is 0. The van der Waals surface area contributed by atoms with E-state index < -0.39 is 5.41 Å².